The third-order valence-electron chi connectivity index (χ3n) is 6.78. The van der Waals surface area contributed by atoms with Gasteiger partial charge in [0.25, 0.3) is 0 Å². The summed E-state index contributed by atoms with van der Waals surface area (Å²) in [6, 6.07) is 9.89. The van der Waals surface area contributed by atoms with E-state index in [9.17, 15) is 9.59 Å². The van der Waals surface area contributed by atoms with Crippen molar-refractivity contribution in [2.45, 2.75) is 40.5 Å². The fourth-order valence-corrected chi connectivity index (χ4v) is 4.86. The summed E-state index contributed by atoms with van der Waals surface area (Å²) in [6.07, 6.45) is 2.16. The third-order valence-corrected chi connectivity index (χ3v) is 6.78. The van der Waals surface area contributed by atoms with Crippen molar-refractivity contribution >= 4 is 22.7 Å². The molecular weight excluding hydrogens is 430 g/mol. The first-order valence-corrected chi connectivity index (χ1v) is 12.0. The summed E-state index contributed by atoms with van der Waals surface area (Å²) in [5, 5.41) is 0.933. The van der Waals surface area contributed by atoms with E-state index in [0.717, 1.165) is 42.7 Å². The van der Waals surface area contributed by atoms with Crippen molar-refractivity contribution in [1.82, 2.24) is 9.97 Å². The number of benzene rings is 1. The number of nitrogens with zero attached hydrogens (tertiary/aromatic N) is 2. The number of carbonyl (C=O) groups excluding carboxylic acids is 1. The summed E-state index contributed by atoms with van der Waals surface area (Å²) in [4.78, 5) is 36.9. The molecule has 1 saturated heterocycles. The number of rotatable bonds is 6. The molecule has 3 aromatic rings. The highest BCUT2D eigenvalue weighted by atomic mass is 16.5. The van der Waals surface area contributed by atoms with Crippen LogP contribution in [0.2, 0.25) is 0 Å². The summed E-state index contributed by atoms with van der Waals surface area (Å²) >= 11 is 0. The van der Waals surface area contributed by atoms with Gasteiger partial charge >= 0.3 is 5.97 Å². The van der Waals surface area contributed by atoms with E-state index in [1.165, 1.54) is 7.11 Å². The van der Waals surface area contributed by atoms with E-state index in [1.807, 2.05) is 30.3 Å². The van der Waals surface area contributed by atoms with E-state index in [1.54, 1.807) is 13.8 Å². The molecule has 1 aliphatic rings. The molecule has 0 amide bonds. The second-order valence-corrected chi connectivity index (χ2v) is 9.20. The Morgan fingerprint density at radius 1 is 1.24 bits per heavy atom. The third kappa shape index (κ3) is 4.39. The van der Waals surface area contributed by atoms with Crippen LogP contribution in [-0.4, -0.2) is 42.7 Å². The molecule has 3 heterocycles. The molecule has 34 heavy (non-hydrogen) atoms. The number of H-pyrrole nitrogens is 1. The van der Waals surface area contributed by atoms with Crippen LogP contribution in [0.25, 0.3) is 22.2 Å². The molecule has 0 spiro atoms. The second kappa shape index (κ2) is 9.87. The van der Waals surface area contributed by atoms with Crippen LogP contribution < -0.4 is 15.1 Å². The number of pyridine rings is 2. The number of hydrogen-bond donors (Lipinski definition) is 1. The predicted molar refractivity (Wildman–Crippen MR) is 135 cm³/mol. The number of hydrogen-bond acceptors (Lipinski definition) is 6. The van der Waals surface area contributed by atoms with Gasteiger partial charge in [-0.25, -0.2) is 9.78 Å². The van der Waals surface area contributed by atoms with E-state index >= 15 is 0 Å². The molecule has 1 aliphatic heterocycles. The maximum absolute atomic E-state index is 13.3. The highest BCUT2D eigenvalue weighted by Gasteiger charge is 2.29. The van der Waals surface area contributed by atoms with Crippen LogP contribution in [0.15, 0.2) is 35.1 Å². The van der Waals surface area contributed by atoms with Crippen LogP contribution in [-0.2, 0) is 4.74 Å². The Hall–Kier alpha value is -3.35. The Balaban J connectivity index is 1.94. The Morgan fingerprint density at radius 3 is 2.59 bits per heavy atom. The Morgan fingerprint density at radius 2 is 1.94 bits per heavy atom. The summed E-state index contributed by atoms with van der Waals surface area (Å²) in [6.45, 7) is 9.94. The van der Waals surface area contributed by atoms with Crippen LogP contribution in [0, 0.1) is 18.8 Å². The molecule has 2 aromatic heterocycles. The minimum absolute atomic E-state index is 0.0558. The summed E-state index contributed by atoms with van der Waals surface area (Å²) in [5.74, 6) is 1.53. The number of methoxy groups -OCH3 is 1. The molecule has 4 rings (SSSR count). The molecule has 1 N–H and O–H groups in total. The molecule has 0 saturated carbocycles. The lowest BCUT2D eigenvalue weighted by atomic mass is 9.86. The van der Waals surface area contributed by atoms with E-state index in [4.69, 9.17) is 14.5 Å². The minimum atomic E-state index is -0.672. The predicted octanol–water partition coefficient (Wildman–Crippen LogP) is 4.96. The van der Waals surface area contributed by atoms with E-state index in [2.05, 4.69) is 23.7 Å². The molecule has 0 radical (unpaired) electrons. The second-order valence-electron chi connectivity index (χ2n) is 9.20. The normalized spacial score (nSPS) is 14.6. The molecule has 0 aliphatic carbocycles. The van der Waals surface area contributed by atoms with Gasteiger partial charge in [-0.3, -0.25) is 4.79 Å². The molecule has 0 unspecified atom stereocenters. The van der Waals surface area contributed by atoms with Crippen LogP contribution >= 0.6 is 0 Å². The molecule has 7 nitrogen and oxygen atoms in total. The number of para-hydroxylation sites is 1. The number of fused-ring (bicyclic) bond motifs is 1. The first-order valence-electron chi connectivity index (χ1n) is 12.0. The molecule has 0 bridgehead atoms. The number of piperidine rings is 1. The highest BCUT2D eigenvalue weighted by molar-refractivity contribution is 6.00. The Bertz CT molecular complexity index is 1260. The van der Waals surface area contributed by atoms with Gasteiger partial charge < -0.3 is 19.4 Å². The average Bonchev–Trinajstić information content (AvgIpc) is 2.83. The lowest BCUT2D eigenvalue weighted by molar-refractivity contribution is 0.0525. The van der Waals surface area contributed by atoms with E-state index < -0.39 is 11.4 Å². The van der Waals surface area contributed by atoms with Crippen LogP contribution in [0.4, 0.5) is 5.82 Å². The number of aromatic amines is 1. The van der Waals surface area contributed by atoms with Gasteiger partial charge in [-0.1, -0.05) is 32.0 Å². The molecule has 0 atom stereocenters. The molecule has 180 valence electrons. The minimum Gasteiger partial charge on any atom is -0.491 e. The van der Waals surface area contributed by atoms with Crippen molar-refractivity contribution < 1.29 is 14.3 Å². The smallest absolute Gasteiger partial charge is 0.344 e. The Labute approximate surface area is 200 Å². The lowest BCUT2D eigenvalue weighted by Crippen LogP contribution is -2.36. The maximum Gasteiger partial charge on any atom is 0.344 e. The van der Waals surface area contributed by atoms with Crippen LogP contribution in [0.1, 0.15) is 49.7 Å². The number of aryl methyl sites for hydroxylation is 1. The topological polar surface area (TPSA) is 84.5 Å². The van der Waals surface area contributed by atoms with Crippen LogP contribution in [0.5, 0.6) is 5.75 Å². The van der Waals surface area contributed by atoms with Gasteiger partial charge in [0.2, 0.25) is 5.43 Å². The largest absolute Gasteiger partial charge is 0.491 e. The van der Waals surface area contributed by atoms with Gasteiger partial charge in [0.15, 0.2) is 5.75 Å². The fraction of sp³-hybridized carbons (Fsp3) is 0.444. The monoisotopic (exact) mass is 463 g/mol. The van der Waals surface area contributed by atoms with Gasteiger partial charge in [-0.2, -0.15) is 0 Å². The molecule has 7 heteroatoms. The Kier molecular flexibility index (Phi) is 6.91. The first kappa shape index (κ1) is 23.8. The number of nitrogens with one attached hydrogen (secondary N) is 1. The van der Waals surface area contributed by atoms with Crippen molar-refractivity contribution in [3.05, 3.63) is 51.8 Å². The molecular formula is C27H33N3O4. The van der Waals surface area contributed by atoms with E-state index in [0.29, 0.717) is 28.8 Å². The standard InChI is InChI=1S/C27H33N3O4/c1-6-34-27(32)22-23(28-17(4)25(33-5)24(22)31)20-15-19-9-7-8-10-21(19)29-26(20)30-13-11-18(12-14-30)16(2)3/h7-10,15-16,18H,6,11-14H2,1-5H3,(H,28,31). The quantitative estimate of drug-likeness (QED) is 0.521. The van der Waals surface area contributed by atoms with Gasteiger partial charge in [-0.15, -0.1) is 0 Å². The molecule has 1 aromatic carbocycles. The lowest BCUT2D eigenvalue weighted by Gasteiger charge is -2.35. The van der Waals surface area contributed by atoms with Gasteiger partial charge in [0.1, 0.15) is 11.4 Å². The van der Waals surface area contributed by atoms with Crippen molar-refractivity contribution in [3.8, 4) is 17.0 Å². The maximum atomic E-state index is 13.3. The van der Waals surface area contributed by atoms with Gasteiger partial charge in [-0.05, 0) is 50.7 Å². The van der Waals surface area contributed by atoms with Crippen molar-refractivity contribution in [1.29, 1.82) is 0 Å². The zero-order chi connectivity index (χ0) is 24.4. The van der Waals surface area contributed by atoms with Crippen molar-refractivity contribution in [2.75, 3.05) is 31.7 Å². The summed E-state index contributed by atoms with van der Waals surface area (Å²) < 4.78 is 10.6. The number of anilines is 1. The van der Waals surface area contributed by atoms with Gasteiger partial charge in [0.05, 0.1) is 30.6 Å². The zero-order valence-electron chi connectivity index (χ0n) is 20.6. The number of aromatic nitrogens is 2. The SMILES string of the molecule is CCOC(=O)c1c(-c2cc3ccccc3nc2N2CCC(C(C)C)CC2)[nH]c(C)c(OC)c1=O. The van der Waals surface area contributed by atoms with Crippen molar-refractivity contribution in [3.63, 3.8) is 0 Å². The first-order chi connectivity index (χ1) is 16.3. The summed E-state index contributed by atoms with van der Waals surface area (Å²) in [7, 11) is 1.42. The van der Waals surface area contributed by atoms with Gasteiger partial charge in [0, 0.05) is 24.0 Å². The molecule has 1 fully saturated rings. The summed E-state index contributed by atoms with van der Waals surface area (Å²) in [5.41, 5.74) is 2.02. The fourth-order valence-electron chi connectivity index (χ4n) is 4.86. The number of ether oxygens (including phenoxy) is 2. The van der Waals surface area contributed by atoms with E-state index in [-0.39, 0.29) is 17.9 Å². The van der Waals surface area contributed by atoms with Crippen molar-refractivity contribution in [2.24, 2.45) is 11.8 Å². The average molecular weight is 464 g/mol. The number of esters is 1. The zero-order valence-corrected chi connectivity index (χ0v) is 20.6. The van der Waals surface area contributed by atoms with Crippen LogP contribution in [0.3, 0.4) is 0 Å². The number of carbonyl (C=O) groups is 1. The highest BCUT2D eigenvalue weighted by Crippen LogP contribution is 2.36.